The molecule has 0 heterocycles. The standard InChI is InChI=1S/C13H21NO5S/c1-4-10(9-20(14,15)16)8-19-13-11(17-2)6-5-7-12(13)18-3/h5-7,10H,4,8-9H2,1-3H3,(H2,14,15,16). The van der Waals surface area contributed by atoms with Crippen molar-refractivity contribution in [3.05, 3.63) is 18.2 Å². The highest BCUT2D eigenvalue weighted by molar-refractivity contribution is 7.89. The molecule has 7 heteroatoms. The largest absolute Gasteiger partial charge is 0.493 e. The number of primary sulfonamides is 1. The van der Waals surface area contributed by atoms with E-state index in [-0.39, 0.29) is 18.3 Å². The summed E-state index contributed by atoms with van der Waals surface area (Å²) >= 11 is 0. The van der Waals surface area contributed by atoms with Crippen LogP contribution in [0.2, 0.25) is 0 Å². The lowest BCUT2D eigenvalue weighted by Gasteiger charge is -2.18. The Morgan fingerprint density at radius 2 is 1.75 bits per heavy atom. The quantitative estimate of drug-likeness (QED) is 0.784. The predicted octanol–water partition coefficient (Wildman–Crippen LogP) is 1.40. The van der Waals surface area contributed by atoms with E-state index in [9.17, 15) is 8.42 Å². The van der Waals surface area contributed by atoms with Gasteiger partial charge in [-0.15, -0.1) is 0 Å². The summed E-state index contributed by atoms with van der Waals surface area (Å²) in [5.74, 6) is 1.25. The first kappa shape index (κ1) is 16.6. The van der Waals surface area contributed by atoms with Gasteiger partial charge >= 0.3 is 0 Å². The van der Waals surface area contributed by atoms with Crippen molar-refractivity contribution in [2.24, 2.45) is 11.1 Å². The Morgan fingerprint density at radius 1 is 1.20 bits per heavy atom. The van der Waals surface area contributed by atoms with E-state index in [2.05, 4.69) is 0 Å². The monoisotopic (exact) mass is 303 g/mol. The van der Waals surface area contributed by atoms with Crippen LogP contribution in [0.4, 0.5) is 0 Å². The van der Waals surface area contributed by atoms with Crippen molar-refractivity contribution < 1.29 is 22.6 Å². The Labute approximate surface area is 119 Å². The number of rotatable bonds is 8. The normalized spacial score (nSPS) is 12.8. The van der Waals surface area contributed by atoms with E-state index >= 15 is 0 Å². The van der Waals surface area contributed by atoms with Crippen LogP contribution >= 0.6 is 0 Å². The lowest BCUT2D eigenvalue weighted by molar-refractivity contribution is 0.234. The fourth-order valence-electron chi connectivity index (χ4n) is 1.77. The Morgan fingerprint density at radius 3 is 2.15 bits per heavy atom. The van der Waals surface area contributed by atoms with E-state index in [1.807, 2.05) is 6.92 Å². The minimum Gasteiger partial charge on any atom is -0.493 e. The molecule has 0 saturated heterocycles. The fraction of sp³-hybridized carbons (Fsp3) is 0.538. The Balaban J connectivity index is 2.82. The second kappa shape index (κ2) is 7.35. The molecule has 0 aliphatic heterocycles. The Hall–Kier alpha value is -1.47. The SMILES string of the molecule is CCC(COc1c(OC)cccc1OC)CS(N)(=O)=O. The van der Waals surface area contributed by atoms with Gasteiger partial charge in [-0.05, 0) is 18.6 Å². The Bertz CT molecular complexity index is 507. The molecule has 0 aliphatic carbocycles. The summed E-state index contributed by atoms with van der Waals surface area (Å²) in [6.07, 6.45) is 0.647. The number of hydrogen-bond acceptors (Lipinski definition) is 5. The summed E-state index contributed by atoms with van der Waals surface area (Å²) in [7, 11) is -0.452. The van der Waals surface area contributed by atoms with E-state index in [1.165, 1.54) is 14.2 Å². The van der Waals surface area contributed by atoms with Gasteiger partial charge < -0.3 is 14.2 Å². The molecule has 2 N–H and O–H groups in total. The van der Waals surface area contributed by atoms with E-state index in [0.29, 0.717) is 23.7 Å². The van der Waals surface area contributed by atoms with Crippen molar-refractivity contribution in [1.82, 2.24) is 0 Å². The third kappa shape index (κ3) is 4.90. The van der Waals surface area contributed by atoms with Crippen LogP contribution < -0.4 is 19.3 Å². The molecule has 6 nitrogen and oxygen atoms in total. The van der Waals surface area contributed by atoms with Gasteiger partial charge in [0.2, 0.25) is 15.8 Å². The lowest BCUT2D eigenvalue weighted by atomic mass is 10.1. The zero-order chi connectivity index (χ0) is 15.2. The number of sulfonamides is 1. The average Bonchev–Trinajstić information content (AvgIpc) is 2.41. The summed E-state index contributed by atoms with van der Waals surface area (Å²) < 4.78 is 38.4. The second-order valence-electron chi connectivity index (χ2n) is 4.41. The molecule has 0 spiro atoms. The molecule has 0 fully saturated rings. The van der Waals surface area contributed by atoms with Crippen LogP contribution in [0.15, 0.2) is 18.2 Å². The summed E-state index contributed by atoms with van der Waals surface area (Å²) in [5, 5.41) is 5.06. The minimum atomic E-state index is -3.51. The van der Waals surface area contributed by atoms with E-state index in [0.717, 1.165) is 0 Å². The van der Waals surface area contributed by atoms with Crippen LogP contribution in [-0.2, 0) is 10.0 Å². The Kier molecular flexibility index (Phi) is 6.09. The van der Waals surface area contributed by atoms with Gasteiger partial charge in [-0.25, -0.2) is 13.6 Å². The van der Waals surface area contributed by atoms with Crippen LogP contribution in [0.1, 0.15) is 13.3 Å². The summed E-state index contributed by atoms with van der Waals surface area (Å²) in [4.78, 5) is 0. The zero-order valence-electron chi connectivity index (χ0n) is 12.0. The van der Waals surface area contributed by atoms with Crippen molar-refractivity contribution >= 4 is 10.0 Å². The van der Waals surface area contributed by atoms with Gasteiger partial charge in [0.25, 0.3) is 0 Å². The molecule has 0 saturated carbocycles. The summed E-state index contributed by atoms with van der Waals surface area (Å²) in [6.45, 7) is 2.11. The minimum absolute atomic E-state index is 0.110. The van der Waals surface area contributed by atoms with Crippen molar-refractivity contribution in [3.63, 3.8) is 0 Å². The van der Waals surface area contributed by atoms with Gasteiger partial charge in [0.05, 0.1) is 26.6 Å². The van der Waals surface area contributed by atoms with Gasteiger partial charge in [0.1, 0.15) is 0 Å². The van der Waals surface area contributed by atoms with Crippen molar-refractivity contribution in [3.8, 4) is 17.2 Å². The highest BCUT2D eigenvalue weighted by Crippen LogP contribution is 2.37. The topological polar surface area (TPSA) is 87.8 Å². The van der Waals surface area contributed by atoms with E-state index < -0.39 is 10.0 Å². The molecule has 0 bridgehead atoms. The van der Waals surface area contributed by atoms with Gasteiger partial charge in [-0.2, -0.15) is 0 Å². The molecule has 20 heavy (non-hydrogen) atoms. The van der Waals surface area contributed by atoms with Crippen molar-refractivity contribution in [1.29, 1.82) is 0 Å². The highest BCUT2D eigenvalue weighted by atomic mass is 32.2. The maximum absolute atomic E-state index is 11.1. The number of hydrogen-bond donors (Lipinski definition) is 1. The first-order valence-corrected chi connectivity index (χ1v) is 7.97. The molecular formula is C13H21NO5S. The number of benzene rings is 1. The summed E-state index contributed by atoms with van der Waals surface area (Å²) in [6, 6.07) is 5.28. The molecule has 1 aromatic carbocycles. The van der Waals surface area contributed by atoms with Gasteiger partial charge in [0, 0.05) is 5.92 Å². The predicted molar refractivity (Wildman–Crippen MR) is 76.8 cm³/mol. The second-order valence-corrected chi connectivity index (χ2v) is 6.07. The van der Waals surface area contributed by atoms with E-state index in [4.69, 9.17) is 19.3 Å². The van der Waals surface area contributed by atoms with Crippen LogP contribution in [0.25, 0.3) is 0 Å². The molecule has 1 atom stereocenters. The van der Waals surface area contributed by atoms with Crippen LogP contribution in [0.3, 0.4) is 0 Å². The molecular weight excluding hydrogens is 282 g/mol. The average molecular weight is 303 g/mol. The zero-order valence-corrected chi connectivity index (χ0v) is 12.8. The molecule has 1 unspecified atom stereocenters. The van der Waals surface area contributed by atoms with Gasteiger partial charge in [-0.3, -0.25) is 0 Å². The maximum Gasteiger partial charge on any atom is 0.209 e. The third-order valence-corrected chi connectivity index (χ3v) is 3.83. The van der Waals surface area contributed by atoms with Crippen LogP contribution in [0.5, 0.6) is 17.2 Å². The first-order valence-electron chi connectivity index (χ1n) is 6.25. The molecule has 0 radical (unpaired) electrons. The maximum atomic E-state index is 11.1. The molecule has 0 amide bonds. The van der Waals surface area contributed by atoms with E-state index in [1.54, 1.807) is 18.2 Å². The number of methoxy groups -OCH3 is 2. The first-order chi connectivity index (χ1) is 9.41. The van der Waals surface area contributed by atoms with Crippen molar-refractivity contribution in [2.75, 3.05) is 26.6 Å². The smallest absolute Gasteiger partial charge is 0.209 e. The lowest BCUT2D eigenvalue weighted by Crippen LogP contribution is -2.26. The fourth-order valence-corrected chi connectivity index (χ4v) is 2.76. The third-order valence-electron chi connectivity index (χ3n) is 2.89. The molecule has 1 aromatic rings. The molecule has 1 rings (SSSR count). The number of para-hydroxylation sites is 1. The molecule has 0 aromatic heterocycles. The van der Waals surface area contributed by atoms with Crippen LogP contribution in [0, 0.1) is 5.92 Å². The molecule has 0 aliphatic rings. The number of nitrogens with two attached hydrogens (primary N) is 1. The summed E-state index contributed by atoms with van der Waals surface area (Å²) in [5.41, 5.74) is 0. The van der Waals surface area contributed by atoms with Crippen LogP contribution in [-0.4, -0.2) is 35.0 Å². The van der Waals surface area contributed by atoms with Gasteiger partial charge in [-0.1, -0.05) is 13.0 Å². The van der Waals surface area contributed by atoms with Crippen molar-refractivity contribution in [2.45, 2.75) is 13.3 Å². The molecule has 114 valence electrons. The number of ether oxygens (including phenoxy) is 3. The van der Waals surface area contributed by atoms with Gasteiger partial charge in [0.15, 0.2) is 11.5 Å². The highest BCUT2D eigenvalue weighted by Gasteiger charge is 2.18.